The molecule has 1 aliphatic rings. The lowest BCUT2D eigenvalue weighted by Crippen LogP contribution is -2.49. The molecule has 1 aromatic rings. The molecule has 0 aromatic heterocycles. The molecule has 0 saturated carbocycles. The Morgan fingerprint density at radius 1 is 1.35 bits per heavy atom. The fraction of sp³-hybridized carbons (Fsp3) is 0.588. The molecule has 3 nitrogen and oxygen atoms in total. The number of benzene rings is 1. The second-order valence-corrected chi connectivity index (χ2v) is 5.80. The number of fused-ring (bicyclic) bond motifs is 1. The fourth-order valence-electron chi connectivity index (χ4n) is 3.80. The summed E-state index contributed by atoms with van der Waals surface area (Å²) in [4.78, 5) is 13.8. The van der Waals surface area contributed by atoms with Crippen LogP contribution in [-0.2, 0) is 10.3 Å². The van der Waals surface area contributed by atoms with Gasteiger partial charge in [0.15, 0.2) is 0 Å². The Bertz CT molecular complexity index is 482. The minimum atomic E-state index is -0.707. The molecule has 0 amide bonds. The number of aliphatic carboxylic acids is 1. The molecule has 0 heterocycles. The van der Waals surface area contributed by atoms with Gasteiger partial charge in [-0.2, -0.15) is 0 Å². The van der Waals surface area contributed by atoms with Gasteiger partial charge >= 0.3 is 5.97 Å². The highest BCUT2D eigenvalue weighted by Gasteiger charge is 2.43. The summed E-state index contributed by atoms with van der Waals surface area (Å²) in [5.74, 6) is -0.190. The first-order chi connectivity index (χ1) is 9.55. The molecule has 1 aromatic carbocycles. The summed E-state index contributed by atoms with van der Waals surface area (Å²) in [7, 11) is 0. The summed E-state index contributed by atoms with van der Waals surface area (Å²) in [6.45, 7) is 8.24. The van der Waals surface area contributed by atoms with Gasteiger partial charge in [0.2, 0.25) is 0 Å². The van der Waals surface area contributed by atoms with E-state index in [1.165, 1.54) is 11.1 Å². The number of nitrogens with zero attached hydrogens (tertiary/aromatic N) is 1. The largest absolute Gasteiger partial charge is 0.481 e. The average Bonchev–Trinajstić information content (AvgIpc) is 2.44. The maximum atomic E-state index is 11.5. The van der Waals surface area contributed by atoms with Gasteiger partial charge in [0.1, 0.15) is 0 Å². The fourth-order valence-corrected chi connectivity index (χ4v) is 3.80. The van der Waals surface area contributed by atoms with Crippen molar-refractivity contribution in [2.24, 2.45) is 0 Å². The molecule has 1 N–H and O–H groups in total. The van der Waals surface area contributed by atoms with Crippen LogP contribution in [0.4, 0.5) is 0 Å². The van der Waals surface area contributed by atoms with Gasteiger partial charge in [0.05, 0.1) is 12.0 Å². The van der Waals surface area contributed by atoms with E-state index in [4.69, 9.17) is 0 Å². The van der Waals surface area contributed by atoms with Gasteiger partial charge in [-0.25, -0.2) is 0 Å². The van der Waals surface area contributed by atoms with Crippen molar-refractivity contribution < 1.29 is 9.90 Å². The van der Waals surface area contributed by atoms with Crippen molar-refractivity contribution in [1.29, 1.82) is 0 Å². The first-order valence-corrected chi connectivity index (χ1v) is 7.61. The van der Waals surface area contributed by atoms with Crippen molar-refractivity contribution in [1.82, 2.24) is 4.90 Å². The van der Waals surface area contributed by atoms with Gasteiger partial charge in [-0.05, 0) is 43.0 Å². The summed E-state index contributed by atoms with van der Waals surface area (Å²) >= 11 is 0. The Balaban J connectivity index is 2.57. The van der Waals surface area contributed by atoms with Crippen LogP contribution in [0, 0.1) is 0 Å². The Kier molecular flexibility index (Phi) is 4.48. The van der Waals surface area contributed by atoms with Crippen molar-refractivity contribution in [3.8, 4) is 0 Å². The van der Waals surface area contributed by atoms with Gasteiger partial charge in [-0.1, -0.05) is 45.0 Å². The van der Waals surface area contributed by atoms with Gasteiger partial charge < -0.3 is 5.11 Å². The summed E-state index contributed by atoms with van der Waals surface area (Å²) in [6.07, 6.45) is 2.18. The molecule has 110 valence electrons. The zero-order chi connectivity index (χ0) is 14.8. The normalized spacial score (nSPS) is 25.5. The van der Waals surface area contributed by atoms with E-state index in [0.29, 0.717) is 5.92 Å². The van der Waals surface area contributed by atoms with Crippen LogP contribution in [0.25, 0.3) is 0 Å². The molecule has 1 aliphatic carbocycles. The van der Waals surface area contributed by atoms with Crippen LogP contribution in [-0.4, -0.2) is 29.1 Å². The van der Waals surface area contributed by atoms with Crippen LogP contribution in [0.2, 0.25) is 0 Å². The first-order valence-electron chi connectivity index (χ1n) is 7.61. The molecule has 2 unspecified atom stereocenters. The Labute approximate surface area is 121 Å². The highest BCUT2D eigenvalue weighted by Crippen LogP contribution is 2.46. The lowest BCUT2D eigenvalue weighted by Gasteiger charge is -2.47. The quantitative estimate of drug-likeness (QED) is 0.892. The average molecular weight is 275 g/mol. The van der Waals surface area contributed by atoms with Crippen molar-refractivity contribution >= 4 is 5.97 Å². The van der Waals surface area contributed by atoms with Crippen molar-refractivity contribution in [3.63, 3.8) is 0 Å². The molecule has 2 atom stereocenters. The van der Waals surface area contributed by atoms with Crippen LogP contribution in [0.3, 0.4) is 0 Å². The highest BCUT2D eigenvalue weighted by molar-refractivity contribution is 5.69. The van der Waals surface area contributed by atoms with E-state index >= 15 is 0 Å². The third-order valence-electron chi connectivity index (χ3n) is 4.80. The molecule has 0 fully saturated rings. The van der Waals surface area contributed by atoms with Gasteiger partial charge in [0.25, 0.3) is 0 Å². The molecular weight excluding hydrogens is 250 g/mol. The molecule has 0 aliphatic heterocycles. The SMILES string of the molecule is CCN(CC)C1(CC(=O)O)CCC(C)c2ccccc21. The van der Waals surface area contributed by atoms with Crippen LogP contribution < -0.4 is 0 Å². The molecule has 0 spiro atoms. The number of hydrogen-bond acceptors (Lipinski definition) is 2. The highest BCUT2D eigenvalue weighted by atomic mass is 16.4. The topological polar surface area (TPSA) is 40.5 Å². The minimum absolute atomic E-state index is 0.193. The van der Waals surface area contributed by atoms with Gasteiger partial charge in [0, 0.05) is 0 Å². The molecule has 2 rings (SSSR count). The second kappa shape index (κ2) is 5.96. The summed E-state index contributed by atoms with van der Waals surface area (Å²) in [5.41, 5.74) is 2.22. The predicted octanol–water partition coefficient (Wildman–Crippen LogP) is 3.60. The molecular formula is C17H25NO2. The Morgan fingerprint density at radius 3 is 2.60 bits per heavy atom. The number of carboxylic acids is 1. The number of carbonyl (C=O) groups is 1. The lowest BCUT2D eigenvalue weighted by molar-refractivity contribution is -0.141. The Morgan fingerprint density at radius 2 is 2.00 bits per heavy atom. The predicted molar refractivity (Wildman–Crippen MR) is 80.9 cm³/mol. The maximum Gasteiger partial charge on any atom is 0.305 e. The zero-order valence-electron chi connectivity index (χ0n) is 12.7. The molecule has 20 heavy (non-hydrogen) atoms. The Hall–Kier alpha value is -1.35. The summed E-state index contributed by atoms with van der Waals surface area (Å²) in [6, 6.07) is 8.40. The standard InChI is InChI=1S/C17H25NO2/c1-4-18(5-2)17(12-16(19)20)11-10-13(3)14-8-6-7-9-15(14)17/h6-9,13H,4-5,10-12H2,1-3H3,(H,19,20). The summed E-state index contributed by atoms with van der Waals surface area (Å²) < 4.78 is 0. The number of carboxylic acid groups (broad SMARTS) is 1. The van der Waals surface area contributed by atoms with E-state index in [0.717, 1.165) is 25.9 Å². The molecule has 3 heteroatoms. The lowest BCUT2D eigenvalue weighted by atomic mass is 9.70. The van der Waals surface area contributed by atoms with Gasteiger partial charge in [-0.3, -0.25) is 9.69 Å². The number of hydrogen-bond donors (Lipinski definition) is 1. The van der Waals surface area contributed by atoms with Crippen LogP contribution in [0.1, 0.15) is 57.1 Å². The molecule has 0 saturated heterocycles. The second-order valence-electron chi connectivity index (χ2n) is 5.80. The zero-order valence-corrected chi connectivity index (χ0v) is 12.7. The van der Waals surface area contributed by atoms with E-state index in [1.54, 1.807) is 0 Å². The van der Waals surface area contributed by atoms with E-state index in [9.17, 15) is 9.90 Å². The van der Waals surface area contributed by atoms with E-state index in [2.05, 4.69) is 43.9 Å². The minimum Gasteiger partial charge on any atom is -0.481 e. The first kappa shape index (κ1) is 15.0. The monoisotopic (exact) mass is 275 g/mol. The van der Waals surface area contributed by atoms with Crippen LogP contribution in [0.5, 0.6) is 0 Å². The van der Waals surface area contributed by atoms with Crippen molar-refractivity contribution in [3.05, 3.63) is 35.4 Å². The van der Waals surface area contributed by atoms with E-state index in [-0.39, 0.29) is 12.0 Å². The molecule has 0 bridgehead atoms. The smallest absolute Gasteiger partial charge is 0.305 e. The van der Waals surface area contributed by atoms with E-state index in [1.807, 2.05) is 6.07 Å². The van der Waals surface area contributed by atoms with Crippen molar-refractivity contribution in [2.75, 3.05) is 13.1 Å². The van der Waals surface area contributed by atoms with E-state index < -0.39 is 5.97 Å². The third-order valence-corrected chi connectivity index (χ3v) is 4.80. The van der Waals surface area contributed by atoms with Crippen molar-refractivity contribution in [2.45, 2.75) is 51.5 Å². The van der Waals surface area contributed by atoms with Crippen LogP contribution >= 0.6 is 0 Å². The van der Waals surface area contributed by atoms with Gasteiger partial charge in [-0.15, -0.1) is 0 Å². The molecule has 0 radical (unpaired) electrons. The van der Waals surface area contributed by atoms with Crippen LogP contribution in [0.15, 0.2) is 24.3 Å². The number of rotatable bonds is 5. The summed E-state index contributed by atoms with van der Waals surface area (Å²) in [5, 5.41) is 9.44. The maximum absolute atomic E-state index is 11.5. The third kappa shape index (κ3) is 2.47.